The first-order valence-electron chi connectivity index (χ1n) is 9.67. The fourth-order valence-electron chi connectivity index (χ4n) is 4.31. The van der Waals surface area contributed by atoms with Crippen molar-refractivity contribution in [2.45, 2.75) is 24.8 Å². The molecule has 26 heavy (non-hydrogen) atoms. The summed E-state index contributed by atoms with van der Waals surface area (Å²) in [6.45, 7) is 7.14. The van der Waals surface area contributed by atoms with Crippen LogP contribution in [0.5, 0.6) is 0 Å². The van der Waals surface area contributed by atoms with Gasteiger partial charge in [0.05, 0.1) is 13.2 Å². The molecule has 1 aromatic rings. The molecule has 6 heteroatoms. The van der Waals surface area contributed by atoms with Crippen LogP contribution in [0.1, 0.15) is 24.3 Å². The fraction of sp³-hybridized carbons (Fsp3) is 0.650. The predicted octanol–water partition coefficient (Wildman–Crippen LogP) is 2.39. The highest BCUT2D eigenvalue weighted by Gasteiger charge is 2.38. The second kappa shape index (κ2) is 9.37. The van der Waals surface area contributed by atoms with Gasteiger partial charge in [-0.3, -0.25) is 9.89 Å². The van der Waals surface area contributed by atoms with Crippen molar-refractivity contribution in [1.29, 1.82) is 0 Å². The van der Waals surface area contributed by atoms with Gasteiger partial charge in [0.2, 0.25) is 0 Å². The van der Waals surface area contributed by atoms with Gasteiger partial charge in [-0.2, -0.15) is 0 Å². The van der Waals surface area contributed by atoms with E-state index in [1.165, 1.54) is 18.4 Å². The Bertz CT molecular complexity index is 591. The summed E-state index contributed by atoms with van der Waals surface area (Å²) in [4.78, 5) is 9.55. The first kappa shape index (κ1) is 19.9. The number of rotatable bonds is 4. The van der Waals surface area contributed by atoms with Gasteiger partial charge in [-0.1, -0.05) is 30.3 Å². The molecule has 2 saturated heterocycles. The first-order chi connectivity index (χ1) is 12.3. The van der Waals surface area contributed by atoms with Gasteiger partial charge in [-0.05, 0) is 30.2 Å². The number of guanidine groups is 1. The highest BCUT2D eigenvalue weighted by Crippen LogP contribution is 2.46. The van der Waals surface area contributed by atoms with Crippen LogP contribution in [0.25, 0.3) is 0 Å². The molecule has 3 atom stereocenters. The second-order valence-electron chi connectivity index (χ2n) is 7.48. The summed E-state index contributed by atoms with van der Waals surface area (Å²) in [5.41, 5.74) is 1.48. The van der Waals surface area contributed by atoms with E-state index < -0.39 is 0 Å². The van der Waals surface area contributed by atoms with Crippen molar-refractivity contribution >= 4 is 29.9 Å². The summed E-state index contributed by atoms with van der Waals surface area (Å²) in [7, 11) is 1.91. The minimum absolute atomic E-state index is 0. The van der Waals surface area contributed by atoms with Gasteiger partial charge < -0.3 is 15.0 Å². The lowest BCUT2D eigenvalue weighted by Crippen LogP contribution is -2.47. The van der Waals surface area contributed by atoms with Crippen LogP contribution in [0.3, 0.4) is 0 Å². The van der Waals surface area contributed by atoms with E-state index in [9.17, 15) is 0 Å². The molecule has 144 valence electrons. The minimum Gasteiger partial charge on any atom is -0.379 e. The molecule has 5 nitrogen and oxygen atoms in total. The molecular formula is C20H31IN4O. The molecular weight excluding hydrogens is 439 g/mol. The molecule has 1 saturated carbocycles. The van der Waals surface area contributed by atoms with E-state index in [2.05, 4.69) is 50.4 Å². The Kier molecular flexibility index (Phi) is 7.17. The van der Waals surface area contributed by atoms with E-state index in [1.807, 2.05) is 7.05 Å². The molecule has 0 spiro atoms. The number of nitrogens with one attached hydrogen (secondary N) is 1. The molecule has 3 aliphatic rings. The standard InChI is InChI=1S/C20H30N4O.HI/c1-21-20(22-14-17-13-19(17)16-5-3-2-4-6-16)24-8-7-18(15-24)23-9-11-25-12-10-23;/h2-6,17-19H,7-15H2,1H3,(H,21,22);1H. The van der Waals surface area contributed by atoms with Gasteiger partial charge in [0.25, 0.3) is 0 Å². The Morgan fingerprint density at radius 1 is 1.19 bits per heavy atom. The topological polar surface area (TPSA) is 40.1 Å². The quantitative estimate of drug-likeness (QED) is 0.417. The second-order valence-corrected chi connectivity index (χ2v) is 7.48. The third-order valence-electron chi connectivity index (χ3n) is 5.91. The number of likely N-dealkylation sites (tertiary alicyclic amines) is 1. The maximum absolute atomic E-state index is 5.48. The number of hydrogen-bond acceptors (Lipinski definition) is 3. The molecule has 2 heterocycles. The predicted molar refractivity (Wildman–Crippen MR) is 116 cm³/mol. The Balaban J connectivity index is 0.00000196. The fourth-order valence-corrected chi connectivity index (χ4v) is 4.31. The molecule has 1 aromatic carbocycles. The van der Waals surface area contributed by atoms with Gasteiger partial charge in [-0.25, -0.2) is 0 Å². The largest absolute Gasteiger partial charge is 0.379 e. The monoisotopic (exact) mass is 470 g/mol. The van der Waals surface area contributed by atoms with Crippen LogP contribution < -0.4 is 5.32 Å². The van der Waals surface area contributed by atoms with E-state index in [-0.39, 0.29) is 24.0 Å². The lowest BCUT2D eigenvalue weighted by molar-refractivity contribution is 0.0195. The maximum atomic E-state index is 5.48. The number of hydrogen-bond donors (Lipinski definition) is 1. The molecule has 1 aliphatic carbocycles. The van der Waals surface area contributed by atoms with Crippen LogP contribution in [-0.4, -0.2) is 74.8 Å². The summed E-state index contributed by atoms with van der Waals surface area (Å²) in [6, 6.07) is 11.6. The number of nitrogens with zero attached hydrogens (tertiary/aromatic N) is 3. The summed E-state index contributed by atoms with van der Waals surface area (Å²) in [6.07, 6.45) is 2.53. The van der Waals surface area contributed by atoms with E-state index in [4.69, 9.17) is 4.74 Å². The third kappa shape index (κ3) is 4.70. The zero-order valence-electron chi connectivity index (χ0n) is 15.6. The van der Waals surface area contributed by atoms with Crippen LogP contribution in [0, 0.1) is 5.92 Å². The Hall–Kier alpha value is -0.860. The molecule has 0 aromatic heterocycles. The third-order valence-corrected chi connectivity index (χ3v) is 5.91. The first-order valence-corrected chi connectivity index (χ1v) is 9.67. The van der Waals surface area contributed by atoms with Gasteiger partial charge >= 0.3 is 0 Å². The molecule has 0 radical (unpaired) electrons. The number of aliphatic imine (C=N–C) groups is 1. The van der Waals surface area contributed by atoms with Crippen molar-refractivity contribution in [3.05, 3.63) is 35.9 Å². The van der Waals surface area contributed by atoms with E-state index in [1.54, 1.807) is 0 Å². The molecule has 0 amide bonds. The smallest absolute Gasteiger partial charge is 0.193 e. The maximum Gasteiger partial charge on any atom is 0.193 e. The van der Waals surface area contributed by atoms with Crippen LogP contribution in [0.4, 0.5) is 0 Å². The van der Waals surface area contributed by atoms with Gasteiger partial charge in [0.1, 0.15) is 0 Å². The Labute approximate surface area is 174 Å². The minimum atomic E-state index is 0. The van der Waals surface area contributed by atoms with Crippen LogP contribution in [0.2, 0.25) is 0 Å². The molecule has 2 aliphatic heterocycles. The Morgan fingerprint density at radius 2 is 1.96 bits per heavy atom. The van der Waals surface area contributed by atoms with Crippen molar-refractivity contribution < 1.29 is 4.74 Å². The lowest BCUT2D eigenvalue weighted by Gasteiger charge is -2.32. The van der Waals surface area contributed by atoms with Crippen molar-refractivity contribution in [3.63, 3.8) is 0 Å². The zero-order chi connectivity index (χ0) is 17.1. The van der Waals surface area contributed by atoms with Crippen molar-refractivity contribution in [1.82, 2.24) is 15.1 Å². The van der Waals surface area contributed by atoms with E-state index >= 15 is 0 Å². The molecule has 0 bridgehead atoms. The average molecular weight is 470 g/mol. The normalized spacial score (nSPS) is 29.3. The van der Waals surface area contributed by atoms with Crippen molar-refractivity contribution in [3.8, 4) is 0 Å². The van der Waals surface area contributed by atoms with Crippen molar-refractivity contribution in [2.24, 2.45) is 10.9 Å². The summed E-state index contributed by atoms with van der Waals surface area (Å²) in [5.74, 6) is 2.55. The summed E-state index contributed by atoms with van der Waals surface area (Å²) in [5, 5.41) is 3.63. The number of halogens is 1. The van der Waals surface area contributed by atoms with Gasteiger partial charge in [-0.15, -0.1) is 24.0 Å². The van der Waals surface area contributed by atoms with Crippen molar-refractivity contribution in [2.75, 3.05) is 53.0 Å². The van der Waals surface area contributed by atoms with Gasteiger partial charge in [0.15, 0.2) is 5.96 Å². The number of benzene rings is 1. The molecule has 3 unspecified atom stereocenters. The summed E-state index contributed by atoms with van der Waals surface area (Å²) >= 11 is 0. The molecule has 4 rings (SSSR count). The average Bonchev–Trinajstić information content (AvgIpc) is 3.29. The van der Waals surface area contributed by atoms with Gasteiger partial charge in [0, 0.05) is 45.8 Å². The molecule has 3 fully saturated rings. The van der Waals surface area contributed by atoms with E-state index in [0.29, 0.717) is 6.04 Å². The lowest BCUT2D eigenvalue weighted by atomic mass is 10.1. The highest BCUT2D eigenvalue weighted by atomic mass is 127. The SMILES string of the molecule is CN=C(NCC1CC1c1ccccc1)N1CCC(N2CCOCC2)C1.I. The zero-order valence-corrected chi connectivity index (χ0v) is 18.0. The van der Waals surface area contributed by atoms with Crippen LogP contribution in [0.15, 0.2) is 35.3 Å². The van der Waals surface area contributed by atoms with E-state index in [0.717, 1.165) is 63.7 Å². The number of ether oxygens (including phenoxy) is 1. The molecule has 1 N–H and O–H groups in total. The van der Waals surface area contributed by atoms with Crippen LogP contribution in [-0.2, 0) is 4.74 Å². The number of morpholine rings is 1. The van der Waals surface area contributed by atoms with Crippen LogP contribution >= 0.6 is 24.0 Å². The summed E-state index contributed by atoms with van der Waals surface area (Å²) < 4.78 is 5.48. The Morgan fingerprint density at radius 3 is 2.69 bits per heavy atom. The highest BCUT2D eigenvalue weighted by molar-refractivity contribution is 14.0.